The van der Waals surface area contributed by atoms with E-state index in [2.05, 4.69) is 41.2 Å². The second-order valence-corrected chi connectivity index (χ2v) is 9.70. The Labute approximate surface area is 206 Å². The van der Waals surface area contributed by atoms with Crippen LogP contribution in [0, 0.1) is 11.8 Å². The third-order valence-electron chi connectivity index (χ3n) is 7.25. The largest absolute Gasteiger partial charge is 0.475 e. The van der Waals surface area contributed by atoms with E-state index < -0.39 is 0 Å². The molecule has 2 aromatic carbocycles. The van der Waals surface area contributed by atoms with Crippen molar-refractivity contribution in [2.75, 3.05) is 13.1 Å². The molecular formula is C28H34N4O3. The van der Waals surface area contributed by atoms with Gasteiger partial charge in [0.1, 0.15) is 17.5 Å². The number of hydrazone groups is 1. The fraction of sp³-hybridized carbons (Fsp3) is 0.464. The topological polar surface area (TPSA) is 80.0 Å². The molecule has 7 nitrogen and oxygen atoms in total. The summed E-state index contributed by atoms with van der Waals surface area (Å²) in [5, 5.41) is 4.37. The van der Waals surface area contributed by atoms with Crippen LogP contribution in [0.1, 0.15) is 58.4 Å². The Bertz CT molecular complexity index is 1210. The molecule has 0 radical (unpaired) electrons. The predicted molar refractivity (Wildman–Crippen MR) is 137 cm³/mol. The molecule has 1 aromatic heterocycles. The Morgan fingerprint density at radius 3 is 2.60 bits per heavy atom. The third-order valence-corrected chi connectivity index (χ3v) is 7.25. The van der Waals surface area contributed by atoms with Crippen molar-refractivity contribution < 1.29 is 13.9 Å². The number of carbonyl (C=O) groups is 1. The molecule has 0 aliphatic carbocycles. The number of benzene rings is 2. The minimum Gasteiger partial charge on any atom is -0.475 e. The van der Waals surface area contributed by atoms with Gasteiger partial charge in [-0.15, -0.1) is 0 Å². The van der Waals surface area contributed by atoms with Gasteiger partial charge in [0.2, 0.25) is 11.8 Å². The number of aromatic nitrogens is 1. The van der Waals surface area contributed by atoms with Gasteiger partial charge in [0.05, 0.1) is 5.71 Å². The van der Waals surface area contributed by atoms with E-state index in [9.17, 15) is 4.79 Å². The zero-order valence-electron chi connectivity index (χ0n) is 20.8. The molecule has 1 N–H and O–H groups in total. The molecule has 184 valence electrons. The molecule has 0 saturated carbocycles. The molecule has 2 aliphatic rings. The smallest absolute Gasteiger partial charge is 0.243 e. The summed E-state index contributed by atoms with van der Waals surface area (Å²) in [5.41, 5.74) is 6.93. The van der Waals surface area contributed by atoms with Gasteiger partial charge in [-0.1, -0.05) is 32.8 Å². The number of piperidine rings is 1. The molecule has 0 spiro atoms. The van der Waals surface area contributed by atoms with Gasteiger partial charge in [-0.25, -0.2) is 10.4 Å². The minimum absolute atomic E-state index is 0.00359. The van der Waals surface area contributed by atoms with Crippen molar-refractivity contribution in [2.24, 2.45) is 16.9 Å². The van der Waals surface area contributed by atoms with E-state index in [-0.39, 0.29) is 24.0 Å². The monoisotopic (exact) mass is 474 g/mol. The van der Waals surface area contributed by atoms with Gasteiger partial charge in [0.15, 0.2) is 5.58 Å². The van der Waals surface area contributed by atoms with Crippen molar-refractivity contribution >= 4 is 22.7 Å². The summed E-state index contributed by atoms with van der Waals surface area (Å²) in [7, 11) is 0. The molecule has 3 unspecified atom stereocenters. The number of likely N-dealkylation sites (tertiary alicyclic amines) is 1. The van der Waals surface area contributed by atoms with Crippen LogP contribution in [-0.2, 0) is 4.79 Å². The van der Waals surface area contributed by atoms with Gasteiger partial charge in [-0.2, -0.15) is 5.10 Å². The molecule has 5 rings (SSSR count). The number of hydrogen-bond acceptors (Lipinski definition) is 6. The fourth-order valence-corrected chi connectivity index (χ4v) is 5.17. The first-order valence-corrected chi connectivity index (χ1v) is 12.8. The van der Waals surface area contributed by atoms with Crippen molar-refractivity contribution in [3.8, 4) is 17.2 Å². The molecule has 35 heavy (non-hydrogen) atoms. The SMILES string of the molecule is CCCC1C(=O)NN=C(c2ccc3nc(-c4ccc(OC(C)N5CCCCC5)cc4)oc3c2)C1C. The van der Waals surface area contributed by atoms with Crippen molar-refractivity contribution in [1.82, 2.24) is 15.3 Å². The lowest BCUT2D eigenvalue weighted by Gasteiger charge is -2.32. The second-order valence-electron chi connectivity index (χ2n) is 9.70. The van der Waals surface area contributed by atoms with Crippen LogP contribution < -0.4 is 10.2 Å². The Kier molecular flexibility index (Phi) is 6.86. The van der Waals surface area contributed by atoms with Crippen molar-refractivity contribution in [3.05, 3.63) is 48.0 Å². The first kappa shape index (κ1) is 23.5. The number of carbonyl (C=O) groups excluding carboxylic acids is 1. The third kappa shape index (κ3) is 4.96. The van der Waals surface area contributed by atoms with E-state index >= 15 is 0 Å². The summed E-state index contributed by atoms with van der Waals surface area (Å²) >= 11 is 0. The number of hydrogen-bond donors (Lipinski definition) is 1. The van der Waals surface area contributed by atoms with Crippen LogP contribution in [0.2, 0.25) is 0 Å². The first-order chi connectivity index (χ1) is 17.0. The molecule has 3 atom stereocenters. The van der Waals surface area contributed by atoms with Crippen molar-refractivity contribution in [1.29, 1.82) is 0 Å². The minimum atomic E-state index is -0.0631. The van der Waals surface area contributed by atoms with Crippen molar-refractivity contribution in [3.63, 3.8) is 0 Å². The molecular weight excluding hydrogens is 440 g/mol. The highest BCUT2D eigenvalue weighted by Gasteiger charge is 2.32. The van der Waals surface area contributed by atoms with E-state index in [0.717, 1.165) is 54.0 Å². The van der Waals surface area contributed by atoms with E-state index in [1.807, 2.05) is 42.5 Å². The number of fused-ring (bicyclic) bond motifs is 1. The predicted octanol–water partition coefficient (Wildman–Crippen LogP) is 5.59. The lowest BCUT2D eigenvalue weighted by atomic mass is 9.82. The van der Waals surface area contributed by atoms with Crippen LogP contribution in [0.3, 0.4) is 0 Å². The van der Waals surface area contributed by atoms with E-state index in [0.29, 0.717) is 11.5 Å². The highest BCUT2D eigenvalue weighted by Crippen LogP contribution is 2.30. The summed E-state index contributed by atoms with van der Waals surface area (Å²) in [6.07, 6.45) is 5.67. The van der Waals surface area contributed by atoms with E-state index in [1.165, 1.54) is 19.3 Å². The molecule has 2 aliphatic heterocycles. The maximum absolute atomic E-state index is 12.2. The molecule has 7 heteroatoms. The maximum atomic E-state index is 12.2. The van der Waals surface area contributed by atoms with Gasteiger partial charge in [0.25, 0.3) is 0 Å². The number of nitrogens with zero attached hydrogens (tertiary/aromatic N) is 3. The summed E-state index contributed by atoms with van der Waals surface area (Å²) in [5.74, 6) is 1.40. The Balaban J connectivity index is 1.32. The molecule has 1 fully saturated rings. The molecule has 1 amide bonds. The molecule has 3 heterocycles. The summed E-state index contributed by atoms with van der Waals surface area (Å²) in [6, 6.07) is 13.9. The first-order valence-electron chi connectivity index (χ1n) is 12.8. The van der Waals surface area contributed by atoms with Gasteiger partial charge in [-0.3, -0.25) is 9.69 Å². The van der Waals surface area contributed by atoms with Crippen LogP contribution in [-0.4, -0.2) is 40.8 Å². The van der Waals surface area contributed by atoms with Gasteiger partial charge < -0.3 is 9.15 Å². The number of ether oxygens (including phenoxy) is 1. The van der Waals surface area contributed by atoms with Gasteiger partial charge in [0, 0.05) is 36.1 Å². The number of amides is 1. The summed E-state index contributed by atoms with van der Waals surface area (Å²) < 4.78 is 12.3. The van der Waals surface area contributed by atoms with Crippen LogP contribution in [0.15, 0.2) is 52.0 Å². The highest BCUT2D eigenvalue weighted by atomic mass is 16.5. The summed E-state index contributed by atoms with van der Waals surface area (Å²) in [4.78, 5) is 19.3. The average Bonchev–Trinajstić information content (AvgIpc) is 3.31. The van der Waals surface area contributed by atoms with Gasteiger partial charge >= 0.3 is 0 Å². The Morgan fingerprint density at radius 2 is 1.86 bits per heavy atom. The zero-order valence-corrected chi connectivity index (χ0v) is 20.8. The van der Waals surface area contributed by atoms with Crippen molar-refractivity contribution in [2.45, 2.75) is 59.1 Å². The zero-order chi connectivity index (χ0) is 24.4. The lowest BCUT2D eigenvalue weighted by molar-refractivity contribution is -0.126. The number of nitrogens with one attached hydrogen (secondary N) is 1. The van der Waals surface area contributed by atoms with Crippen LogP contribution in [0.5, 0.6) is 5.75 Å². The fourth-order valence-electron chi connectivity index (χ4n) is 5.17. The average molecular weight is 475 g/mol. The lowest BCUT2D eigenvalue weighted by Crippen LogP contribution is -2.40. The highest BCUT2D eigenvalue weighted by molar-refractivity contribution is 6.07. The second kappa shape index (κ2) is 10.2. The molecule has 0 bridgehead atoms. The quantitative estimate of drug-likeness (QED) is 0.483. The van der Waals surface area contributed by atoms with Crippen LogP contribution >= 0.6 is 0 Å². The Morgan fingerprint density at radius 1 is 1.11 bits per heavy atom. The Hall–Kier alpha value is -3.19. The van der Waals surface area contributed by atoms with Crippen LogP contribution in [0.4, 0.5) is 0 Å². The van der Waals surface area contributed by atoms with E-state index in [1.54, 1.807) is 0 Å². The molecule has 1 saturated heterocycles. The van der Waals surface area contributed by atoms with E-state index in [4.69, 9.17) is 9.15 Å². The number of rotatable bonds is 7. The van der Waals surface area contributed by atoms with Gasteiger partial charge in [-0.05, 0) is 62.6 Å². The summed E-state index contributed by atoms with van der Waals surface area (Å²) in [6.45, 7) is 8.48. The molecule has 3 aromatic rings. The normalized spacial score (nSPS) is 22.0. The number of oxazole rings is 1. The van der Waals surface area contributed by atoms with Crippen LogP contribution in [0.25, 0.3) is 22.6 Å². The standard InChI is InChI=1S/C28H34N4O3/c1-4-8-23-18(2)26(30-31-27(23)33)21-11-14-24-25(17-21)35-28(29-24)20-9-12-22(13-10-20)34-19(3)32-15-6-5-7-16-32/h9-14,17-19,23H,4-8,15-16H2,1-3H3,(H,31,33). The maximum Gasteiger partial charge on any atom is 0.243 e.